The minimum atomic E-state index is -0.535. The molecule has 4 heteroatoms. The summed E-state index contributed by atoms with van der Waals surface area (Å²) >= 11 is 0. The van der Waals surface area contributed by atoms with Crippen molar-refractivity contribution in [3.05, 3.63) is 29.8 Å². The summed E-state index contributed by atoms with van der Waals surface area (Å²) in [4.78, 5) is 13.2. The second-order valence-electron chi connectivity index (χ2n) is 4.18. The Morgan fingerprint density at radius 3 is 2.81 bits per heavy atom. The van der Waals surface area contributed by atoms with Crippen molar-refractivity contribution >= 4 is 11.6 Å². The number of carbonyl (C=O) groups is 1. The molecule has 0 aromatic heterocycles. The van der Waals surface area contributed by atoms with Gasteiger partial charge in [-0.15, -0.1) is 0 Å². The average Bonchev–Trinajstić information content (AvgIpc) is 2.27. The molecular weight excluding hydrogens is 204 g/mol. The van der Waals surface area contributed by atoms with Gasteiger partial charge in [0.1, 0.15) is 0 Å². The quantitative estimate of drug-likeness (QED) is 0.692. The molecule has 2 unspecified atom stereocenters. The number of hydrogen-bond acceptors (Lipinski definition) is 3. The smallest absolute Gasteiger partial charge is 0.223 e. The van der Waals surface area contributed by atoms with Crippen molar-refractivity contribution in [1.29, 1.82) is 0 Å². The van der Waals surface area contributed by atoms with E-state index in [1.807, 2.05) is 18.2 Å². The highest BCUT2D eigenvalue weighted by Crippen LogP contribution is 2.33. The van der Waals surface area contributed by atoms with Crippen LogP contribution in [0.5, 0.6) is 0 Å². The summed E-state index contributed by atoms with van der Waals surface area (Å²) in [6, 6.07) is 7.04. The molecule has 1 heterocycles. The van der Waals surface area contributed by atoms with Crippen LogP contribution in [0.25, 0.3) is 0 Å². The Balaban J connectivity index is 2.37. The standard InChI is InChI=1S/C12H16N2O2/c1-14-11(16)7-6-10(15)12(14)8-4-2-3-5-9(8)13/h2-5,10,12,15H,6-7,13H2,1H3. The summed E-state index contributed by atoms with van der Waals surface area (Å²) in [6.07, 6.45) is 0.371. The highest BCUT2D eigenvalue weighted by molar-refractivity contribution is 5.78. The second-order valence-corrected chi connectivity index (χ2v) is 4.18. The normalized spacial score (nSPS) is 25.9. The van der Waals surface area contributed by atoms with Crippen LogP contribution < -0.4 is 5.73 Å². The molecule has 3 N–H and O–H groups in total. The summed E-state index contributed by atoms with van der Waals surface area (Å²) in [5.41, 5.74) is 7.32. The molecule has 2 atom stereocenters. The number of carbonyl (C=O) groups excluding carboxylic acids is 1. The van der Waals surface area contributed by atoms with Crippen LogP contribution >= 0.6 is 0 Å². The van der Waals surface area contributed by atoms with Crippen LogP contribution in [-0.4, -0.2) is 29.1 Å². The Morgan fingerprint density at radius 2 is 2.12 bits per heavy atom. The van der Waals surface area contributed by atoms with Crippen LogP contribution in [0.15, 0.2) is 24.3 Å². The number of aliphatic hydroxyl groups excluding tert-OH is 1. The number of likely N-dealkylation sites (tertiary alicyclic amines) is 1. The lowest BCUT2D eigenvalue weighted by molar-refractivity contribution is -0.140. The highest BCUT2D eigenvalue weighted by Gasteiger charge is 2.34. The molecule has 1 aliphatic rings. The Kier molecular flexibility index (Phi) is 2.83. The van der Waals surface area contributed by atoms with E-state index >= 15 is 0 Å². The molecule has 4 nitrogen and oxygen atoms in total. The molecule has 1 aromatic rings. The Labute approximate surface area is 94.7 Å². The number of benzene rings is 1. The number of nitrogens with two attached hydrogens (primary N) is 1. The predicted molar refractivity (Wildman–Crippen MR) is 61.6 cm³/mol. The molecule has 2 rings (SSSR count). The number of piperidine rings is 1. The van der Waals surface area contributed by atoms with E-state index in [2.05, 4.69) is 0 Å². The third-order valence-corrected chi connectivity index (χ3v) is 3.14. The average molecular weight is 220 g/mol. The van der Waals surface area contributed by atoms with Crippen LogP contribution in [0.2, 0.25) is 0 Å². The van der Waals surface area contributed by atoms with Crippen LogP contribution in [0, 0.1) is 0 Å². The fourth-order valence-corrected chi connectivity index (χ4v) is 2.21. The predicted octanol–water partition coefficient (Wildman–Crippen LogP) is 0.923. The van der Waals surface area contributed by atoms with Crippen molar-refractivity contribution < 1.29 is 9.90 Å². The second kappa shape index (κ2) is 4.14. The van der Waals surface area contributed by atoms with Gasteiger partial charge in [-0.05, 0) is 12.5 Å². The number of para-hydroxylation sites is 1. The summed E-state index contributed by atoms with van der Waals surface area (Å²) in [6.45, 7) is 0. The zero-order chi connectivity index (χ0) is 11.7. The zero-order valence-electron chi connectivity index (χ0n) is 9.26. The molecule has 0 aliphatic carbocycles. The summed E-state index contributed by atoms with van der Waals surface area (Å²) in [5, 5.41) is 9.99. The molecule has 0 saturated carbocycles. The van der Waals surface area contributed by atoms with E-state index in [9.17, 15) is 9.90 Å². The van der Waals surface area contributed by atoms with E-state index in [1.54, 1.807) is 18.0 Å². The fourth-order valence-electron chi connectivity index (χ4n) is 2.21. The monoisotopic (exact) mass is 220 g/mol. The van der Waals surface area contributed by atoms with Gasteiger partial charge in [0.15, 0.2) is 0 Å². The third-order valence-electron chi connectivity index (χ3n) is 3.14. The van der Waals surface area contributed by atoms with Crippen LogP contribution in [0.1, 0.15) is 24.4 Å². The van der Waals surface area contributed by atoms with Gasteiger partial charge >= 0.3 is 0 Å². The lowest BCUT2D eigenvalue weighted by Gasteiger charge is -2.37. The first-order valence-corrected chi connectivity index (χ1v) is 5.39. The molecular formula is C12H16N2O2. The van der Waals surface area contributed by atoms with Gasteiger partial charge in [0.05, 0.1) is 12.1 Å². The zero-order valence-corrected chi connectivity index (χ0v) is 9.26. The first kappa shape index (κ1) is 11.0. The van der Waals surface area contributed by atoms with Crippen molar-refractivity contribution in [3.8, 4) is 0 Å². The third kappa shape index (κ3) is 1.76. The molecule has 0 bridgehead atoms. The molecule has 1 amide bonds. The van der Waals surface area contributed by atoms with E-state index in [-0.39, 0.29) is 11.9 Å². The maximum absolute atomic E-state index is 11.6. The first-order chi connectivity index (χ1) is 7.61. The Hall–Kier alpha value is -1.55. The van der Waals surface area contributed by atoms with Gasteiger partial charge in [-0.25, -0.2) is 0 Å². The summed E-state index contributed by atoms with van der Waals surface area (Å²) in [7, 11) is 1.71. The SMILES string of the molecule is CN1C(=O)CCC(O)C1c1ccccc1N. The Morgan fingerprint density at radius 1 is 1.44 bits per heavy atom. The minimum absolute atomic E-state index is 0.0542. The van der Waals surface area contributed by atoms with Gasteiger partial charge in [-0.1, -0.05) is 18.2 Å². The largest absolute Gasteiger partial charge is 0.398 e. The molecule has 0 spiro atoms. The summed E-state index contributed by atoms with van der Waals surface area (Å²) < 4.78 is 0. The minimum Gasteiger partial charge on any atom is -0.398 e. The molecule has 1 saturated heterocycles. The maximum atomic E-state index is 11.6. The molecule has 1 aromatic carbocycles. The van der Waals surface area contributed by atoms with Crippen molar-refractivity contribution in [3.63, 3.8) is 0 Å². The first-order valence-electron chi connectivity index (χ1n) is 5.39. The van der Waals surface area contributed by atoms with Crippen LogP contribution in [-0.2, 0) is 4.79 Å². The number of rotatable bonds is 1. The maximum Gasteiger partial charge on any atom is 0.223 e. The lowest BCUT2D eigenvalue weighted by atomic mass is 9.92. The molecule has 0 radical (unpaired) electrons. The van der Waals surface area contributed by atoms with E-state index in [4.69, 9.17) is 5.73 Å². The van der Waals surface area contributed by atoms with Crippen LogP contribution in [0.3, 0.4) is 0 Å². The van der Waals surface area contributed by atoms with Gasteiger partial charge in [0, 0.05) is 24.7 Å². The van der Waals surface area contributed by atoms with E-state index in [0.717, 1.165) is 5.56 Å². The van der Waals surface area contributed by atoms with Crippen molar-refractivity contribution in [2.45, 2.75) is 25.0 Å². The molecule has 1 fully saturated rings. The van der Waals surface area contributed by atoms with Crippen LogP contribution in [0.4, 0.5) is 5.69 Å². The van der Waals surface area contributed by atoms with Crippen molar-refractivity contribution in [1.82, 2.24) is 4.90 Å². The number of amides is 1. The van der Waals surface area contributed by atoms with Crippen molar-refractivity contribution in [2.24, 2.45) is 0 Å². The number of hydrogen-bond donors (Lipinski definition) is 2. The summed E-state index contributed by atoms with van der Waals surface area (Å²) in [5.74, 6) is 0.0542. The van der Waals surface area contributed by atoms with Gasteiger partial charge in [-0.3, -0.25) is 4.79 Å². The molecule has 86 valence electrons. The van der Waals surface area contributed by atoms with Gasteiger partial charge < -0.3 is 15.7 Å². The van der Waals surface area contributed by atoms with E-state index < -0.39 is 6.10 Å². The number of nitrogens with zero attached hydrogens (tertiary/aromatic N) is 1. The van der Waals surface area contributed by atoms with E-state index in [1.165, 1.54) is 0 Å². The van der Waals surface area contributed by atoms with E-state index in [0.29, 0.717) is 18.5 Å². The van der Waals surface area contributed by atoms with Crippen molar-refractivity contribution in [2.75, 3.05) is 12.8 Å². The van der Waals surface area contributed by atoms with Gasteiger partial charge in [0.2, 0.25) is 5.91 Å². The Bertz CT molecular complexity index is 406. The fraction of sp³-hybridized carbons (Fsp3) is 0.417. The number of anilines is 1. The number of nitrogen functional groups attached to an aromatic ring is 1. The topological polar surface area (TPSA) is 66.6 Å². The highest BCUT2D eigenvalue weighted by atomic mass is 16.3. The lowest BCUT2D eigenvalue weighted by Crippen LogP contribution is -2.43. The molecule has 1 aliphatic heterocycles. The van der Waals surface area contributed by atoms with Gasteiger partial charge in [0.25, 0.3) is 0 Å². The number of likely N-dealkylation sites (N-methyl/N-ethyl adjacent to an activating group) is 1. The number of aliphatic hydroxyl groups is 1. The van der Waals surface area contributed by atoms with Gasteiger partial charge in [-0.2, -0.15) is 0 Å². The molecule has 16 heavy (non-hydrogen) atoms.